The minimum atomic E-state index is -0.912. The summed E-state index contributed by atoms with van der Waals surface area (Å²) in [5.41, 5.74) is 1.56. The van der Waals surface area contributed by atoms with Gasteiger partial charge in [-0.1, -0.05) is 37.3 Å². The van der Waals surface area contributed by atoms with E-state index in [2.05, 4.69) is 0 Å². The Morgan fingerprint density at radius 2 is 1.59 bits per heavy atom. The van der Waals surface area contributed by atoms with E-state index in [4.69, 9.17) is 14.2 Å². The van der Waals surface area contributed by atoms with Crippen molar-refractivity contribution in [2.24, 2.45) is 0 Å². The molecule has 1 N–H and O–H groups in total. The predicted molar refractivity (Wildman–Crippen MR) is 147 cm³/mol. The summed E-state index contributed by atoms with van der Waals surface area (Å²) >= 11 is 0. The molecule has 3 aromatic rings. The van der Waals surface area contributed by atoms with Crippen LogP contribution in [-0.2, 0) is 14.3 Å². The number of carbonyl (C=O) groups excluding carboxylic acids is 3. The fraction of sp³-hybridized carbons (Fsp3) is 0.258. The third-order valence-electron chi connectivity index (χ3n) is 6.20. The number of hydrogen-bond acceptors (Lipinski definition) is 7. The highest BCUT2D eigenvalue weighted by molar-refractivity contribution is 6.51. The summed E-state index contributed by atoms with van der Waals surface area (Å²) in [5.74, 6) is -1.57. The topological polar surface area (TPSA) is 102 Å². The number of Topliss-reactive ketones (excluding diaryl/α,β-unsaturated/α-hetero) is 1. The lowest BCUT2D eigenvalue weighted by molar-refractivity contribution is -0.132. The number of ether oxygens (including phenoxy) is 3. The van der Waals surface area contributed by atoms with Crippen LogP contribution in [-0.4, -0.2) is 42.6 Å². The van der Waals surface area contributed by atoms with Crippen molar-refractivity contribution in [3.05, 3.63) is 95.1 Å². The molecule has 8 nitrogen and oxygen atoms in total. The molecular weight excluding hydrogens is 498 g/mol. The summed E-state index contributed by atoms with van der Waals surface area (Å²) in [4.78, 5) is 40.5. The first-order valence-corrected chi connectivity index (χ1v) is 12.9. The van der Waals surface area contributed by atoms with Crippen molar-refractivity contribution in [3.63, 3.8) is 0 Å². The molecule has 0 saturated carbocycles. The summed E-state index contributed by atoms with van der Waals surface area (Å²) in [6.07, 6.45) is 0.699. The quantitative estimate of drug-likeness (QED) is 0.156. The molecule has 4 rings (SSSR count). The van der Waals surface area contributed by atoms with Gasteiger partial charge in [0.05, 0.1) is 42.6 Å². The number of hydrogen-bond donors (Lipinski definition) is 1. The monoisotopic (exact) mass is 529 g/mol. The Kier molecular flexibility index (Phi) is 8.66. The third kappa shape index (κ3) is 5.65. The normalized spacial score (nSPS) is 16.3. The standard InChI is InChI=1S/C31H31NO7/c1-4-18-39-31(36)21-12-14-22(15-13-21)32-27(20-10-8-7-9-11-20)26(29(34)30(32)35)28(33)24-17-16-23(37-5-2)19-25(24)38-6-3/h7-17,19,27,33H,4-6,18H2,1-3H3/b28-26-. The highest BCUT2D eigenvalue weighted by Crippen LogP contribution is 2.43. The smallest absolute Gasteiger partial charge is 0.338 e. The fourth-order valence-corrected chi connectivity index (χ4v) is 4.46. The van der Waals surface area contributed by atoms with Gasteiger partial charge < -0.3 is 19.3 Å². The first kappa shape index (κ1) is 27.4. The zero-order chi connectivity index (χ0) is 27.9. The summed E-state index contributed by atoms with van der Waals surface area (Å²) < 4.78 is 16.5. The first-order valence-electron chi connectivity index (χ1n) is 12.9. The lowest BCUT2D eigenvalue weighted by Gasteiger charge is -2.25. The van der Waals surface area contributed by atoms with Crippen molar-refractivity contribution < 1.29 is 33.7 Å². The van der Waals surface area contributed by atoms with Crippen molar-refractivity contribution in [3.8, 4) is 11.5 Å². The van der Waals surface area contributed by atoms with E-state index >= 15 is 0 Å². The summed E-state index contributed by atoms with van der Waals surface area (Å²) in [7, 11) is 0. The minimum absolute atomic E-state index is 0.0669. The number of esters is 1. The van der Waals surface area contributed by atoms with Crippen molar-refractivity contribution in [1.29, 1.82) is 0 Å². The zero-order valence-corrected chi connectivity index (χ0v) is 22.2. The number of aliphatic hydroxyl groups is 1. The molecule has 1 fully saturated rings. The van der Waals surface area contributed by atoms with Crippen LogP contribution in [0.1, 0.15) is 54.7 Å². The maximum Gasteiger partial charge on any atom is 0.338 e. The van der Waals surface area contributed by atoms with Crippen LogP contribution >= 0.6 is 0 Å². The average Bonchev–Trinajstić information content (AvgIpc) is 3.22. The second-order valence-corrected chi connectivity index (χ2v) is 8.79. The third-order valence-corrected chi connectivity index (χ3v) is 6.20. The van der Waals surface area contributed by atoms with Crippen LogP contribution in [0, 0.1) is 0 Å². The predicted octanol–water partition coefficient (Wildman–Crippen LogP) is 5.68. The van der Waals surface area contributed by atoms with Gasteiger partial charge in [0.25, 0.3) is 11.7 Å². The molecule has 0 bridgehead atoms. The molecule has 8 heteroatoms. The zero-order valence-electron chi connectivity index (χ0n) is 22.2. The Hall–Kier alpha value is -4.59. The molecule has 1 amide bonds. The number of amides is 1. The number of benzene rings is 3. The summed E-state index contributed by atoms with van der Waals surface area (Å²) in [6, 6.07) is 19.3. The van der Waals surface area contributed by atoms with Gasteiger partial charge in [0, 0.05) is 11.8 Å². The van der Waals surface area contributed by atoms with Crippen LogP contribution in [0.5, 0.6) is 11.5 Å². The molecule has 1 aliphatic rings. The van der Waals surface area contributed by atoms with E-state index in [1.165, 1.54) is 4.90 Å². The molecule has 1 aliphatic heterocycles. The fourth-order valence-electron chi connectivity index (χ4n) is 4.46. The largest absolute Gasteiger partial charge is 0.507 e. The van der Waals surface area contributed by atoms with Crippen LogP contribution in [0.15, 0.2) is 78.4 Å². The van der Waals surface area contributed by atoms with E-state index in [1.807, 2.05) is 26.8 Å². The van der Waals surface area contributed by atoms with Crippen LogP contribution in [0.4, 0.5) is 5.69 Å². The Bertz CT molecular complexity index is 1380. The highest BCUT2D eigenvalue weighted by atomic mass is 16.5. The van der Waals surface area contributed by atoms with Gasteiger partial charge in [-0.15, -0.1) is 0 Å². The lowest BCUT2D eigenvalue weighted by Crippen LogP contribution is -2.29. The maximum atomic E-state index is 13.5. The Morgan fingerprint density at radius 3 is 2.23 bits per heavy atom. The second kappa shape index (κ2) is 12.3. The van der Waals surface area contributed by atoms with Gasteiger partial charge in [-0.05, 0) is 62.2 Å². The highest BCUT2D eigenvalue weighted by Gasteiger charge is 2.47. The van der Waals surface area contributed by atoms with Crippen LogP contribution < -0.4 is 14.4 Å². The SMILES string of the molecule is CCCOC(=O)c1ccc(N2C(=O)C(=O)/C(=C(\O)c3ccc(OCC)cc3OCC)C2c2ccccc2)cc1. The molecule has 0 aromatic heterocycles. The van der Waals surface area contributed by atoms with Gasteiger partial charge in [-0.3, -0.25) is 14.5 Å². The number of aliphatic hydroxyl groups excluding tert-OH is 1. The molecule has 39 heavy (non-hydrogen) atoms. The van der Waals surface area contributed by atoms with Crippen LogP contribution in [0.3, 0.4) is 0 Å². The number of anilines is 1. The number of ketones is 1. The van der Waals surface area contributed by atoms with E-state index in [-0.39, 0.29) is 16.9 Å². The maximum absolute atomic E-state index is 13.5. The van der Waals surface area contributed by atoms with E-state index in [9.17, 15) is 19.5 Å². The molecule has 1 atom stereocenters. The van der Waals surface area contributed by atoms with Gasteiger partial charge in [0.2, 0.25) is 0 Å². The molecule has 1 heterocycles. The van der Waals surface area contributed by atoms with E-state index in [0.717, 1.165) is 0 Å². The number of rotatable bonds is 10. The molecular formula is C31H31NO7. The van der Waals surface area contributed by atoms with E-state index in [1.54, 1.807) is 66.7 Å². The second-order valence-electron chi connectivity index (χ2n) is 8.79. The van der Waals surface area contributed by atoms with Gasteiger partial charge >= 0.3 is 5.97 Å². The van der Waals surface area contributed by atoms with E-state index < -0.39 is 23.7 Å². The van der Waals surface area contributed by atoms with Crippen molar-refractivity contribution >= 4 is 29.1 Å². The van der Waals surface area contributed by atoms with E-state index in [0.29, 0.717) is 54.6 Å². The van der Waals surface area contributed by atoms with Crippen molar-refractivity contribution in [1.82, 2.24) is 0 Å². The Labute approximate surface area is 227 Å². The molecule has 0 radical (unpaired) electrons. The van der Waals surface area contributed by atoms with Crippen LogP contribution in [0.2, 0.25) is 0 Å². The van der Waals surface area contributed by atoms with Gasteiger partial charge in [0.15, 0.2) is 0 Å². The summed E-state index contributed by atoms with van der Waals surface area (Å²) in [5, 5.41) is 11.5. The van der Waals surface area contributed by atoms with Crippen LogP contribution in [0.25, 0.3) is 5.76 Å². The number of carbonyl (C=O) groups is 3. The molecule has 202 valence electrons. The molecule has 3 aromatic carbocycles. The van der Waals surface area contributed by atoms with Gasteiger partial charge in [-0.2, -0.15) is 0 Å². The Morgan fingerprint density at radius 1 is 0.897 bits per heavy atom. The summed E-state index contributed by atoms with van der Waals surface area (Å²) in [6.45, 7) is 6.64. The molecule has 0 spiro atoms. The van der Waals surface area contributed by atoms with Crippen molar-refractivity contribution in [2.45, 2.75) is 33.2 Å². The first-order chi connectivity index (χ1) is 18.9. The minimum Gasteiger partial charge on any atom is -0.507 e. The lowest BCUT2D eigenvalue weighted by atomic mass is 9.94. The molecule has 1 saturated heterocycles. The Balaban J connectivity index is 1.83. The average molecular weight is 530 g/mol. The van der Waals surface area contributed by atoms with Gasteiger partial charge in [0.1, 0.15) is 17.3 Å². The molecule has 0 aliphatic carbocycles. The van der Waals surface area contributed by atoms with Gasteiger partial charge in [-0.25, -0.2) is 4.79 Å². The molecule has 1 unspecified atom stereocenters. The number of nitrogens with zero attached hydrogens (tertiary/aromatic N) is 1. The van der Waals surface area contributed by atoms with Crippen molar-refractivity contribution in [2.75, 3.05) is 24.7 Å².